The molecule has 0 N–H and O–H groups in total. The third kappa shape index (κ3) is 4.72. The van der Waals surface area contributed by atoms with E-state index in [2.05, 4.69) is 0 Å². The van der Waals surface area contributed by atoms with E-state index < -0.39 is 63.2 Å². The molecule has 0 saturated heterocycles. The highest BCUT2D eigenvalue weighted by Gasteiger charge is 2.41. The van der Waals surface area contributed by atoms with E-state index in [0.29, 0.717) is 28.7 Å². The molecule has 2 aromatic carbocycles. The van der Waals surface area contributed by atoms with E-state index >= 15 is 0 Å². The third-order valence-corrected chi connectivity index (χ3v) is 5.04. The molecule has 0 aromatic heterocycles. The maximum absolute atomic E-state index is 14.4. The molecular weight excluding hydrogens is 434 g/mol. The zero-order chi connectivity index (χ0) is 22.2. The monoisotopic (exact) mass is 448 g/mol. The zero-order valence-electron chi connectivity index (χ0n) is 15.3. The van der Waals surface area contributed by atoms with Gasteiger partial charge in [-0.25, -0.2) is 18.0 Å². The second-order valence-electron chi connectivity index (χ2n) is 6.51. The third-order valence-electron chi connectivity index (χ3n) is 4.31. The molecule has 1 fully saturated rings. The molecule has 0 unspecified atom stereocenters. The van der Waals surface area contributed by atoms with Gasteiger partial charge in [-0.15, -0.1) is 0 Å². The highest BCUT2D eigenvalue weighted by molar-refractivity contribution is 8.00. The van der Waals surface area contributed by atoms with Gasteiger partial charge in [0, 0.05) is 18.0 Å². The number of urea groups is 1. The highest BCUT2D eigenvalue weighted by atomic mass is 32.2. The van der Waals surface area contributed by atoms with Crippen LogP contribution in [0.1, 0.15) is 23.2 Å². The Morgan fingerprint density at radius 2 is 1.60 bits per heavy atom. The molecule has 4 nitrogen and oxygen atoms in total. The summed E-state index contributed by atoms with van der Waals surface area (Å²) in [4.78, 5) is 26.5. The van der Waals surface area contributed by atoms with Crippen LogP contribution in [-0.2, 0) is 0 Å². The molecule has 2 aromatic rings. The summed E-state index contributed by atoms with van der Waals surface area (Å²) in [5.41, 5.74) is -5.92. The van der Waals surface area contributed by atoms with Gasteiger partial charge in [0.2, 0.25) is 0 Å². The predicted molar refractivity (Wildman–Crippen MR) is 97.7 cm³/mol. The fourth-order valence-electron chi connectivity index (χ4n) is 2.79. The number of benzene rings is 2. The minimum absolute atomic E-state index is 0.390. The van der Waals surface area contributed by atoms with Crippen molar-refractivity contribution in [1.29, 1.82) is 0 Å². The summed E-state index contributed by atoms with van der Waals surface area (Å²) in [6.45, 7) is 0. The number of halogens is 6. The van der Waals surface area contributed by atoms with Crippen molar-refractivity contribution in [3.05, 3.63) is 59.4 Å². The number of hydrogen-bond donors (Lipinski definition) is 0. The number of rotatable bonds is 4. The molecule has 1 saturated carbocycles. The Balaban J connectivity index is 1.89. The number of carbonyl (C=O) groups excluding carboxylic acids is 2. The van der Waals surface area contributed by atoms with Gasteiger partial charge in [-0.2, -0.15) is 13.2 Å². The zero-order valence-corrected chi connectivity index (χ0v) is 16.2. The number of carbonyl (C=O) groups is 2. The Hall–Kier alpha value is -2.69. The number of anilines is 1. The minimum atomic E-state index is -4.62. The fraction of sp³-hybridized carbons (Fsp3) is 0.263. The summed E-state index contributed by atoms with van der Waals surface area (Å²) in [5, 5.41) is 0. The van der Waals surface area contributed by atoms with Crippen LogP contribution in [0.2, 0.25) is 0 Å². The molecule has 0 bridgehead atoms. The Morgan fingerprint density at radius 3 is 2.10 bits per heavy atom. The second-order valence-corrected chi connectivity index (χ2v) is 7.64. The smallest absolute Gasteiger partial charge is 0.294 e. The van der Waals surface area contributed by atoms with Crippen molar-refractivity contribution in [2.45, 2.75) is 29.3 Å². The van der Waals surface area contributed by atoms with Crippen LogP contribution in [0.3, 0.4) is 0 Å². The molecule has 30 heavy (non-hydrogen) atoms. The average Bonchev–Trinajstić information content (AvgIpc) is 3.45. The SMILES string of the molecule is CN(C(=O)N(C(=O)c1c(F)cccc1F)C1CC1)c1ccc(SC(F)(F)F)cc1F. The summed E-state index contributed by atoms with van der Waals surface area (Å²) < 4.78 is 79.7. The van der Waals surface area contributed by atoms with Crippen molar-refractivity contribution in [2.24, 2.45) is 0 Å². The van der Waals surface area contributed by atoms with Crippen LogP contribution in [0, 0.1) is 17.5 Å². The van der Waals surface area contributed by atoms with Crippen LogP contribution in [0.15, 0.2) is 41.3 Å². The average molecular weight is 448 g/mol. The van der Waals surface area contributed by atoms with Crippen LogP contribution in [0.4, 0.5) is 36.8 Å². The topological polar surface area (TPSA) is 40.6 Å². The molecule has 11 heteroatoms. The van der Waals surface area contributed by atoms with Crippen LogP contribution in [0.25, 0.3) is 0 Å². The molecular formula is C19H14F6N2O2S. The molecule has 0 atom stereocenters. The lowest BCUT2D eigenvalue weighted by Crippen LogP contribution is -2.47. The van der Waals surface area contributed by atoms with Crippen molar-refractivity contribution < 1.29 is 35.9 Å². The Kier molecular flexibility index (Phi) is 6.02. The molecule has 1 aliphatic rings. The number of thioether (sulfide) groups is 1. The molecule has 1 aliphatic carbocycles. The van der Waals surface area contributed by atoms with E-state index in [0.717, 1.165) is 37.4 Å². The van der Waals surface area contributed by atoms with Crippen LogP contribution >= 0.6 is 11.8 Å². The second kappa shape index (κ2) is 8.21. The van der Waals surface area contributed by atoms with Gasteiger partial charge in [0.25, 0.3) is 5.91 Å². The van der Waals surface area contributed by atoms with Crippen molar-refractivity contribution in [2.75, 3.05) is 11.9 Å². The Bertz CT molecular complexity index is 973. The molecule has 0 radical (unpaired) electrons. The summed E-state index contributed by atoms with van der Waals surface area (Å²) in [5.74, 6) is -4.64. The highest BCUT2D eigenvalue weighted by Crippen LogP contribution is 2.38. The van der Waals surface area contributed by atoms with Gasteiger partial charge in [0.15, 0.2) is 0 Å². The molecule has 3 amide bonds. The maximum Gasteiger partial charge on any atom is 0.446 e. The normalized spacial score (nSPS) is 13.8. The van der Waals surface area contributed by atoms with E-state index in [1.54, 1.807) is 0 Å². The van der Waals surface area contributed by atoms with E-state index in [9.17, 15) is 35.9 Å². The lowest BCUT2D eigenvalue weighted by Gasteiger charge is -2.27. The van der Waals surface area contributed by atoms with E-state index in [1.807, 2.05) is 0 Å². The van der Waals surface area contributed by atoms with E-state index in [4.69, 9.17) is 0 Å². The van der Waals surface area contributed by atoms with Crippen LogP contribution in [0.5, 0.6) is 0 Å². The van der Waals surface area contributed by atoms with Crippen molar-refractivity contribution in [3.8, 4) is 0 Å². The Labute approximate surface area is 171 Å². The lowest BCUT2D eigenvalue weighted by atomic mass is 10.1. The summed E-state index contributed by atoms with van der Waals surface area (Å²) in [7, 11) is 1.11. The number of hydrogen-bond acceptors (Lipinski definition) is 3. The number of imide groups is 1. The first-order chi connectivity index (χ1) is 14.0. The quantitative estimate of drug-likeness (QED) is 0.453. The van der Waals surface area contributed by atoms with E-state index in [1.165, 1.54) is 0 Å². The number of nitrogens with zero attached hydrogens (tertiary/aromatic N) is 2. The fourth-order valence-corrected chi connectivity index (χ4v) is 3.35. The molecule has 0 spiro atoms. The molecule has 0 heterocycles. The Morgan fingerprint density at radius 1 is 1.00 bits per heavy atom. The molecule has 160 valence electrons. The first-order valence-electron chi connectivity index (χ1n) is 8.60. The summed E-state index contributed by atoms with van der Waals surface area (Å²) in [6.07, 6.45) is 0.816. The predicted octanol–water partition coefficient (Wildman–Crippen LogP) is 5.58. The first kappa shape index (κ1) is 22.0. The van der Waals surface area contributed by atoms with Gasteiger partial charge >= 0.3 is 11.5 Å². The van der Waals surface area contributed by atoms with E-state index in [-0.39, 0.29) is 5.69 Å². The molecule has 3 rings (SSSR count). The van der Waals surface area contributed by atoms with Gasteiger partial charge in [-0.1, -0.05) is 6.07 Å². The van der Waals surface area contributed by atoms with Gasteiger partial charge in [0.05, 0.1) is 5.69 Å². The van der Waals surface area contributed by atoms with Gasteiger partial charge in [-0.05, 0) is 54.9 Å². The largest absolute Gasteiger partial charge is 0.446 e. The van der Waals surface area contributed by atoms with Crippen molar-refractivity contribution in [3.63, 3.8) is 0 Å². The summed E-state index contributed by atoms with van der Waals surface area (Å²) >= 11 is -0.521. The minimum Gasteiger partial charge on any atom is -0.294 e. The first-order valence-corrected chi connectivity index (χ1v) is 9.42. The standard InChI is InChI=1S/C19H14F6N2O2S/c1-26(15-8-7-11(9-14(15)22)30-19(23,24)25)18(29)27(10-5-6-10)17(28)16-12(20)3-2-4-13(16)21/h2-4,7-10H,5-6H2,1H3. The van der Waals surface area contributed by atoms with Crippen molar-refractivity contribution >= 4 is 29.4 Å². The summed E-state index contributed by atoms with van der Waals surface area (Å²) in [6, 6.07) is 3.67. The van der Waals surface area contributed by atoms with Gasteiger partial charge < -0.3 is 0 Å². The van der Waals surface area contributed by atoms with Crippen molar-refractivity contribution in [1.82, 2.24) is 4.90 Å². The van der Waals surface area contributed by atoms with Crippen LogP contribution in [-0.4, -0.2) is 35.4 Å². The maximum atomic E-state index is 14.4. The van der Waals surface area contributed by atoms with Gasteiger partial charge in [-0.3, -0.25) is 14.6 Å². The van der Waals surface area contributed by atoms with Gasteiger partial charge in [0.1, 0.15) is 23.0 Å². The lowest BCUT2D eigenvalue weighted by molar-refractivity contribution is -0.0328. The number of alkyl halides is 3. The molecule has 0 aliphatic heterocycles. The van der Waals surface area contributed by atoms with Crippen LogP contribution < -0.4 is 4.90 Å². The number of amides is 3.